The van der Waals surface area contributed by atoms with Gasteiger partial charge in [-0.15, -0.1) is 0 Å². The average Bonchev–Trinajstić information content (AvgIpc) is 2.86. The first-order chi connectivity index (χ1) is 18.7. The monoisotopic (exact) mass is 572 g/mol. The SMILES string of the molecule is NC1CC2CC(C(=O)O)CC(C1)N2C(=O)c1ccc2c(C(F)(F)F)c(OC3CCC(C(F)(F)F)CC3)ccc2c1. The van der Waals surface area contributed by atoms with Gasteiger partial charge in [0, 0.05) is 23.7 Å². The molecule has 1 amide bonds. The molecule has 1 aliphatic carbocycles. The molecule has 2 bridgehead atoms. The van der Waals surface area contributed by atoms with Crippen LogP contribution >= 0.6 is 0 Å². The summed E-state index contributed by atoms with van der Waals surface area (Å²) in [7, 11) is 0. The molecule has 1 saturated carbocycles. The molecule has 5 rings (SSSR count). The van der Waals surface area contributed by atoms with Gasteiger partial charge in [0.1, 0.15) is 11.3 Å². The Morgan fingerprint density at radius 3 is 2.08 bits per heavy atom. The number of piperidine rings is 2. The molecule has 2 aromatic carbocycles. The van der Waals surface area contributed by atoms with Crippen molar-refractivity contribution in [1.82, 2.24) is 4.90 Å². The zero-order valence-corrected chi connectivity index (χ0v) is 21.5. The molecule has 2 atom stereocenters. The summed E-state index contributed by atoms with van der Waals surface area (Å²) in [6, 6.07) is 5.56. The highest BCUT2D eigenvalue weighted by atomic mass is 19.4. The van der Waals surface area contributed by atoms with E-state index in [2.05, 4.69) is 0 Å². The van der Waals surface area contributed by atoms with Gasteiger partial charge in [0.2, 0.25) is 0 Å². The molecule has 12 heteroatoms. The summed E-state index contributed by atoms with van der Waals surface area (Å²) >= 11 is 0. The standard InChI is InChI=1S/C28H30F6N2O4/c29-27(30,31)17-3-5-21(6-4-17)40-23-8-2-14-9-15(1-7-22(14)24(23)28(32,33)34)25(37)36-19-10-16(26(38)39)11-20(36)13-18(35)12-19/h1-2,7-9,16-21H,3-6,10-13,35H2,(H,38,39). The second kappa shape index (κ2) is 10.4. The van der Waals surface area contributed by atoms with Crippen LogP contribution in [0.15, 0.2) is 30.3 Å². The smallest absolute Gasteiger partial charge is 0.420 e. The highest BCUT2D eigenvalue weighted by Gasteiger charge is 2.46. The van der Waals surface area contributed by atoms with E-state index >= 15 is 0 Å². The second-order valence-corrected chi connectivity index (χ2v) is 11.3. The Morgan fingerprint density at radius 2 is 1.52 bits per heavy atom. The lowest BCUT2D eigenvalue weighted by Gasteiger charge is -2.49. The Kier molecular flexibility index (Phi) is 7.43. The van der Waals surface area contributed by atoms with Gasteiger partial charge in [0.25, 0.3) is 5.91 Å². The van der Waals surface area contributed by atoms with Crippen LogP contribution in [-0.2, 0) is 11.0 Å². The predicted octanol–water partition coefficient (Wildman–Crippen LogP) is 6.15. The number of fused-ring (bicyclic) bond motifs is 3. The third-order valence-corrected chi connectivity index (χ3v) is 8.58. The lowest BCUT2D eigenvalue weighted by molar-refractivity contribution is -0.185. The van der Waals surface area contributed by atoms with Gasteiger partial charge in [-0.25, -0.2) is 0 Å². The Balaban J connectivity index is 1.41. The lowest BCUT2D eigenvalue weighted by atomic mass is 9.76. The number of alkyl halides is 6. The first-order valence-corrected chi connectivity index (χ1v) is 13.4. The minimum absolute atomic E-state index is 0.00247. The molecular weight excluding hydrogens is 542 g/mol. The third kappa shape index (κ3) is 5.59. The highest BCUT2D eigenvalue weighted by molar-refractivity contribution is 6.00. The molecule has 2 unspecified atom stereocenters. The van der Waals surface area contributed by atoms with Gasteiger partial charge >= 0.3 is 18.3 Å². The van der Waals surface area contributed by atoms with E-state index in [4.69, 9.17) is 10.5 Å². The summed E-state index contributed by atoms with van der Waals surface area (Å²) < 4.78 is 87.3. The normalized spacial score (nSPS) is 29.3. The number of nitrogens with zero attached hydrogens (tertiary/aromatic N) is 1. The molecule has 6 nitrogen and oxygen atoms in total. The molecule has 0 aromatic heterocycles. The minimum Gasteiger partial charge on any atom is -0.490 e. The van der Waals surface area contributed by atoms with Crippen molar-refractivity contribution in [1.29, 1.82) is 0 Å². The van der Waals surface area contributed by atoms with Crippen LogP contribution in [-0.4, -0.2) is 52.3 Å². The fraction of sp³-hybridized carbons (Fsp3) is 0.571. The van der Waals surface area contributed by atoms with E-state index in [-0.39, 0.29) is 78.9 Å². The molecule has 3 aliphatic rings. The molecule has 218 valence electrons. The molecule has 2 aliphatic heterocycles. The lowest BCUT2D eigenvalue weighted by Crippen LogP contribution is -2.59. The van der Waals surface area contributed by atoms with Crippen molar-refractivity contribution in [2.75, 3.05) is 0 Å². The molecule has 2 heterocycles. The highest BCUT2D eigenvalue weighted by Crippen LogP contribution is 2.44. The van der Waals surface area contributed by atoms with Crippen LogP contribution < -0.4 is 10.5 Å². The predicted molar refractivity (Wildman–Crippen MR) is 133 cm³/mol. The Hall–Kier alpha value is -3.02. The number of carboxylic acid groups (broad SMARTS) is 1. The molecule has 3 N–H and O–H groups in total. The van der Waals surface area contributed by atoms with Crippen LogP contribution in [0.25, 0.3) is 10.8 Å². The second-order valence-electron chi connectivity index (χ2n) is 11.3. The number of halogens is 6. The number of hydrogen-bond acceptors (Lipinski definition) is 4. The number of carboxylic acids is 1. The number of amides is 1. The van der Waals surface area contributed by atoms with Gasteiger partial charge in [-0.3, -0.25) is 9.59 Å². The number of carbonyl (C=O) groups excluding carboxylic acids is 1. The number of nitrogens with two attached hydrogens (primary N) is 1. The van der Waals surface area contributed by atoms with Crippen LogP contribution in [0, 0.1) is 11.8 Å². The number of carbonyl (C=O) groups is 2. The van der Waals surface area contributed by atoms with E-state index in [0.717, 1.165) is 6.07 Å². The molecular formula is C28H30F6N2O4. The van der Waals surface area contributed by atoms with Gasteiger partial charge in [-0.2, -0.15) is 26.3 Å². The maximum absolute atomic E-state index is 14.2. The summed E-state index contributed by atoms with van der Waals surface area (Å²) in [5, 5.41) is 9.48. The van der Waals surface area contributed by atoms with Gasteiger partial charge in [0.05, 0.1) is 17.9 Å². The fourth-order valence-corrected chi connectivity index (χ4v) is 6.70. The number of hydrogen-bond donors (Lipinski definition) is 2. The number of rotatable bonds is 4. The van der Waals surface area contributed by atoms with E-state index < -0.39 is 47.6 Å². The third-order valence-electron chi connectivity index (χ3n) is 8.58. The van der Waals surface area contributed by atoms with Crippen LogP contribution in [0.2, 0.25) is 0 Å². The summed E-state index contributed by atoms with van der Waals surface area (Å²) in [6.07, 6.45) is -8.90. The van der Waals surface area contributed by atoms with Crippen molar-refractivity contribution < 1.29 is 45.8 Å². The zero-order valence-electron chi connectivity index (χ0n) is 21.5. The largest absolute Gasteiger partial charge is 0.490 e. The first-order valence-electron chi connectivity index (χ1n) is 13.4. The Labute approximate surface area is 226 Å². The van der Waals surface area contributed by atoms with Gasteiger partial charge in [-0.1, -0.05) is 12.1 Å². The molecule has 0 spiro atoms. The fourth-order valence-electron chi connectivity index (χ4n) is 6.70. The zero-order chi connectivity index (χ0) is 29.0. The average molecular weight is 573 g/mol. The molecule has 0 radical (unpaired) electrons. The van der Waals surface area contributed by atoms with E-state index in [0.29, 0.717) is 12.8 Å². The maximum atomic E-state index is 14.2. The topological polar surface area (TPSA) is 92.9 Å². The van der Waals surface area contributed by atoms with E-state index in [9.17, 15) is 41.0 Å². The quantitative estimate of drug-likeness (QED) is 0.429. The van der Waals surface area contributed by atoms with Crippen molar-refractivity contribution in [3.05, 3.63) is 41.5 Å². The number of ether oxygens (including phenoxy) is 1. The molecule has 2 aromatic rings. The Bertz CT molecular complexity index is 1270. The van der Waals surface area contributed by atoms with Crippen molar-refractivity contribution in [2.24, 2.45) is 17.6 Å². The molecule has 2 saturated heterocycles. The van der Waals surface area contributed by atoms with Crippen LogP contribution in [0.4, 0.5) is 26.3 Å². The van der Waals surface area contributed by atoms with Crippen LogP contribution in [0.1, 0.15) is 67.3 Å². The first kappa shape index (κ1) is 28.5. The number of benzene rings is 2. The summed E-state index contributed by atoms with van der Waals surface area (Å²) in [4.78, 5) is 26.8. The van der Waals surface area contributed by atoms with E-state index in [1.54, 1.807) is 4.90 Å². The summed E-state index contributed by atoms with van der Waals surface area (Å²) in [6.45, 7) is 0. The van der Waals surface area contributed by atoms with Gasteiger partial charge in [-0.05, 0) is 80.3 Å². The van der Waals surface area contributed by atoms with E-state index in [1.807, 2.05) is 0 Å². The van der Waals surface area contributed by atoms with Crippen molar-refractivity contribution in [3.63, 3.8) is 0 Å². The van der Waals surface area contributed by atoms with Crippen LogP contribution in [0.5, 0.6) is 5.75 Å². The molecule has 40 heavy (non-hydrogen) atoms. The Morgan fingerprint density at radius 1 is 0.900 bits per heavy atom. The van der Waals surface area contributed by atoms with Gasteiger partial charge < -0.3 is 20.5 Å². The molecule has 3 fully saturated rings. The maximum Gasteiger partial charge on any atom is 0.420 e. The van der Waals surface area contributed by atoms with Crippen molar-refractivity contribution >= 4 is 22.6 Å². The minimum atomic E-state index is -4.81. The number of aliphatic carboxylic acids is 1. The summed E-state index contributed by atoms with van der Waals surface area (Å²) in [5.74, 6) is -3.82. The summed E-state index contributed by atoms with van der Waals surface area (Å²) in [5.41, 5.74) is 5.28. The van der Waals surface area contributed by atoms with Crippen molar-refractivity contribution in [3.8, 4) is 5.75 Å². The van der Waals surface area contributed by atoms with Crippen molar-refractivity contribution in [2.45, 2.75) is 87.9 Å². The van der Waals surface area contributed by atoms with Gasteiger partial charge in [0.15, 0.2) is 0 Å². The van der Waals surface area contributed by atoms with E-state index in [1.165, 1.54) is 24.3 Å². The van der Waals surface area contributed by atoms with Crippen LogP contribution in [0.3, 0.4) is 0 Å².